The summed E-state index contributed by atoms with van der Waals surface area (Å²) in [7, 11) is 1.65. The quantitative estimate of drug-likeness (QED) is 0.503. The molecule has 1 aromatic carbocycles. The monoisotopic (exact) mass is 476 g/mol. The van der Waals surface area contributed by atoms with Crippen molar-refractivity contribution in [1.29, 1.82) is 0 Å². The second kappa shape index (κ2) is 8.67. The first-order valence-corrected chi connectivity index (χ1v) is 10.6. The third-order valence-electron chi connectivity index (χ3n) is 4.74. The van der Waals surface area contributed by atoms with Gasteiger partial charge in [-0.3, -0.25) is 14.4 Å². The van der Waals surface area contributed by atoms with Gasteiger partial charge in [0, 0.05) is 12.1 Å². The number of nitrogens with one attached hydrogen (secondary N) is 1. The molecule has 0 atom stereocenters. The molecule has 1 aromatic heterocycles. The zero-order valence-electron chi connectivity index (χ0n) is 17.2. The highest BCUT2D eigenvalue weighted by Gasteiger charge is 2.30. The smallest absolute Gasteiger partial charge is 0.276 e. The van der Waals surface area contributed by atoms with Gasteiger partial charge in [-0.15, -0.1) is 0 Å². The lowest BCUT2D eigenvalue weighted by atomic mass is 10.1. The molecule has 6 nitrogen and oxygen atoms in total. The van der Waals surface area contributed by atoms with Crippen LogP contribution in [0.15, 0.2) is 28.4 Å². The molecule has 0 bridgehead atoms. The van der Waals surface area contributed by atoms with Crippen LogP contribution in [-0.4, -0.2) is 39.4 Å². The Labute approximate surface area is 185 Å². The Kier molecular flexibility index (Phi) is 6.43. The fourth-order valence-corrected chi connectivity index (χ4v) is 3.82. The van der Waals surface area contributed by atoms with Crippen LogP contribution in [0.2, 0.25) is 0 Å². The van der Waals surface area contributed by atoms with Gasteiger partial charge in [0.2, 0.25) is 0 Å². The number of methoxy groups -OCH3 is 1. The Balaban J connectivity index is 1.91. The number of halogens is 1. The molecule has 0 saturated carbocycles. The standard InChI is InChI=1S/C21H25BrN4O2S/c1-12(2)10-25-20(27)17(23-21(25)29)9-15-6-7-18(28-5)16(8-15)11-26-14(4)19(22)13(3)24-26/h6-9,12H,10-11H2,1-5H3,(H,23,29)/b17-9+. The first-order chi connectivity index (χ1) is 13.7. The lowest BCUT2D eigenvalue weighted by Crippen LogP contribution is -2.33. The van der Waals surface area contributed by atoms with Gasteiger partial charge in [-0.2, -0.15) is 5.10 Å². The van der Waals surface area contributed by atoms with Crippen LogP contribution in [0.25, 0.3) is 6.08 Å². The number of aryl methyl sites for hydroxylation is 1. The van der Waals surface area contributed by atoms with Crippen molar-refractivity contribution in [2.45, 2.75) is 34.2 Å². The van der Waals surface area contributed by atoms with E-state index in [0.29, 0.717) is 29.8 Å². The van der Waals surface area contributed by atoms with E-state index in [4.69, 9.17) is 17.0 Å². The molecule has 154 valence electrons. The topological polar surface area (TPSA) is 59.4 Å². The number of ether oxygens (including phenoxy) is 1. The van der Waals surface area contributed by atoms with E-state index in [1.165, 1.54) is 0 Å². The highest BCUT2D eigenvalue weighted by Crippen LogP contribution is 2.26. The summed E-state index contributed by atoms with van der Waals surface area (Å²) in [6, 6.07) is 5.85. The normalized spacial score (nSPS) is 15.6. The van der Waals surface area contributed by atoms with Gasteiger partial charge in [-0.25, -0.2) is 0 Å². The summed E-state index contributed by atoms with van der Waals surface area (Å²) in [5.74, 6) is 1.02. The van der Waals surface area contributed by atoms with Gasteiger partial charge in [0.1, 0.15) is 11.4 Å². The molecule has 3 rings (SSSR count). The number of rotatable bonds is 6. The molecule has 2 aromatic rings. The third-order valence-corrected chi connectivity index (χ3v) is 6.21. The highest BCUT2D eigenvalue weighted by atomic mass is 79.9. The van der Waals surface area contributed by atoms with E-state index in [0.717, 1.165) is 32.7 Å². The minimum Gasteiger partial charge on any atom is -0.496 e. The number of hydrogen-bond acceptors (Lipinski definition) is 4. The second-order valence-electron chi connectivity index (χ2n) is 7.51. The number of aromatic nitrogens is 2. The Morgan fingerprint density at radius 3 is 2.66 bits per heavy atom. The molecule has 0 radical (unpaired) electrons. The molecule has 8 heteroatoms. The number of nitrogens with zero attached hydrogens (tertiary/aromatic N) is 3. The van der Waals surface area contributed by atoms with Crippen LogP contribution in [0.3, 0.4) is 0 Å². The molecule has 1 aliphatic rings. The summed E-state index contributed by atoms with van der Waals surface area (Å²) in [5.41, 5.74) is 4.36. The van der Waals surface area contributed by atoms with Crippen molar-refractivity contribution in [1.82, 2.24) is 20.0 Å². The van der Waals surface area contributed by atoms with Crippen LogP contribution in [0.4, 0.5) is 0 Å². The predicted octanol–water partition coefficient (Wildman–Crippen LogP) is 4.03. The van der Waals surface area contributed by atoms with Crippen molar-refractivity contribution in [3.8, 4) is 5.75 Å². The van der Waals surface area contributed by atoms with Crippen molar-refractivity contribution in [2.75, 3.05) is 13.7 Å². The van der Waals surface area contributed by atoms with Crippen molar-refractivity contribution in [3.05, 3.63) is 50.9 Å². The maximum Gasteiger partial charge on any atom is 0.276 e. The Morgan fingerprint density at radius 2 is 2.07 bits per heavy atom. The Bertz CT molecular complexity index is 997. The minimum atomic E-state index is -0.0939. The summed E-state index contributed by atoms with van der Waals surface area (Å²) >= 11 is 8.90. The SMILES string of the molecule is COc1ccc(/C=C2/NC(=S)N(CC(C)C)C2=O)cc1Cn1nc(C)c(Br)c1C. The molecular weight excluding hydrogens is 452 g/mol. The second-order valence-corrected chi connectivity index (χ2v) is 8.69. The molecule has 29 heavy (non-hydrogen) atoms. The molecule has 1 saturated heterocycles. The van der Waals surface area contributed by atoms with E-state index in [1.54, 1.807) is 12.0 Å². The van der Waals surface area contributed by atoms with Gasteiger partial charge >= 0.3 is 0 Å². The summed E-state index contributed by atoms with van der Waals surface area (Å²) in [6.45, 7) is 9.28. The van der Waals surface area contributed by atoms with Crippen molar-refractivity contribution in [2.24, 2.45) is 5.92 Å². The highest BCUT2D eigenvalue weighted by molar-refractivity contribution is 9.10. The summed E-state index contributed by atoms with van der Waals surface area (Å²) in [5, 5.41) is 8.08. The van der Waals surface area contributed by atoms with E-state index in [-0.39, 0.29) is 5.91 Å². The van der Waals surface area contributed by atoms with E-state index < -0.39 is 0 Å². The van der Waals surface area contributed by atoms with E-state index >= 15 is 0 Å². The van der Waals surface area contributed by atoms with Crippen LogP contribution < -0.4 is 10.1 Å². The molecule has 0 unspecified atom stereocenters. The zero-order chi connectivity index (χ0) is 21.3. The first kappa shape index (κ1) is 21.5. The van der Waals surface area contributed by atoms with E-state index in [1.807, 2.05) is 42.8 Å². The van der Waals surface area contributed by atoms with Crippen LogP contribution >= 0.6 is 28.1 Å². The predicted molar refractivity (Wildman–Crippen MR) is 122 cm³/mol. The number of benzene rings is 1. The van der Waals surface area contributed by atoms with Gasteiger partial charge in [0.15, 0.2) is 5.11 Å². The maximum absolute atomic E-state index is 12.7. The summed E-state index contributed by atoms with van der Waals surface area (Å²) < 4.78 is 8.48. The molecule has 1 amide bonds. The number of amides is 1. The first-order valence-electron chi connectivity index (χ1n) is 9.42. The minimum absolute atomic E-state index is 0.0939. The number of carbonyl (C=O) groups is 1. The Morgan fingerprint density at radius 1 is 1.34 bits per heavy atom. The lowest BCUT2D eigenvalue weighted by Gasteiger charge is -2.16. The Hall–Kier alpha value is -2.19. The largest absolute Gasteiger partial charge is 0.496 e. The van der Waals surface area contributed by atoms with Crippen LogP contribution in [-0.2, 0) is 11.3 Å². The van der Waals surface area contributed by atoms with Gasteiger partial charge in [-0.05, 0) is 71.7 Å². The maximum atomic E-state index is 12.7. The van der Waals surface area contributed by atoms with Crippen molar-refractivity contribution in [3.63, 3.8) is 0 Å². The van der Waals surface area contributed by atoms with Gasteiger partial charge < -0.3 is 10.1 Å². The average molecular weight is 477 g/mol. The van der Waals surface area contributed by atoms with Gasteiger partial charge in [-0.1, -0.05) is 19.9 Å². The fraction of sp³-hybridized carbons (Fsp3) is 0.381. The van der Waals surface area contributed by atoms with Gasteiger partial charge in [0.05, 0.1) is 29.5 Å². The third kappa shape index (κ3) is 4.53. The number of carbonyl (C=O) groups excluding carboxylic acids is 1. The molecule has 2 heterocycles. The summed E-state index contributed by atoms with van der Waals surface area (Å²) in [4.78, 5) is 14.3. The van der Waals surface area contributed by atoms with Crippen LogP contribution in [0, 0.1) is 19.8 Å². The van der Waals surface area contributed by atoms with E-state index in [2.05, 4.69) is 40.2 Å². The molecular formula is C21H25BrN4O2S. The molecule has 1 N–H and O–H groups in total. The molecule has 1 aliphatic heterocycles. The number of hydrogen-bond donors (Lipinski definition) is 1. The molecule has 0 aliphatic carbocycles. The van der Waals surface area contributed by atoms with Crippen LogP contribution in [0.5, 0.6) is 5.75 Å². The number of thiocarbonyl (C=S) groups is 1. The van der Waals surface area contributed by atoms with E-state index in [9.17, 15) is 4.79 Å². The van der Waals surface area contributed by atoms with Crippen molar-refractivity contribution >= 4 is 45.2 Å². The summed E-state index contributed by atoms with van der Waals surface area (Å²) in [6.07, 6.45) is 1.83. The van der Waals surface area contributed by atoms with Crippen molar-refractivity contribution < 1.29 is 9.53 Å². The van der Waals surface area contributed by atoms with Gasteiger partial charge in [0.25, 0.3) is 5.91 Å². The van der Waals surface area contributed by atoms with Crippen LogP contribution in [0.1, 0.15) is 36.4 Å². The molecule has 1 fully saturated rings. The molecule has 0 spiro atoms. The zero-order valence-corrected chi connectivity index (χ0v) is 19.6. The fourth-order valence-electron chi connectivity index (χ4n) is 3.27. The lowest BCUT2D eigenvalue weighted by molar-refractivity contribution is -0.122. The average Bonchev–Trinajstić information content (AvgIpc) is 3.06.